The van der Waals surface area contributed by atoms with Gasteiger partial charge in [-0.05, 0) is 55.5 Å². The van der Waals surface area contributed by atoms with Crippen molar-refractivity contribution in [3.63, 3.8) is 0 Å². The minimum absolute atomic E-state index is 0.0772. The Hall–Kier alpha value is -1.97. The van der Waals surface area contributed by atoms with Gasteiger partial charge in [0.15, 0.2) is 0 Å². The molecule has 4 nitrogen and oxygen atoms in total. The van der Waals surface area contributed by atoms with E-state index in [2.05, 4.69) is 10.0 Å². The summed E-state index contributed by atoms with van der Waals surface area (Å²) in [5.74, 6) is -2.19. The van der Waals surface area contributed by atoms with Crippen LogP contribution in [0.1, 0.15) is 24.8 Å². The van der Waals surface area contributed by atoms with Crippen molar-refractivity contribution in [2.45, 2.75) is 42.8 Å². The maximum Gasteiger partial charge on any atom is 0.206 e. The molecule has 0 bridgehead atoms. The highest BCUT2D eigenvalue weighted by atomic mass is 32.2. The first-order valence-corrected chi connectivity index (χ1v) is 11.0. The van der Waals surface area contributed by atoms with Gasteiger partial charge in [0.2, 0.25) is 5.00 Å². The lowest BCUT2D eigenvalue weighted by atomic mass is 9.96. The van der Waals surface area contributed by atoms with Gasteiger partial charge >= 0.3 is 0 Å². The zero-order valence-electron chi connectivity index (χ0n) is 15.5. The Morgan fingerprint density at radius 3 is 2.52 bits per heavy atom. The van der Waals surface area contributed by atoms with Crippen LogP contribution in [0.4, 0.5) is 17.6 Å². The Bertz CT molecular complexity index is 1020. The lowest BCUT2D eigenvalue weighted by molar-refractivity contribution is 0.406. The molecule has 156 valence electrons. The maximum atomic E-state index is 15.1. The third-order valence-corrected chi connectivity index (χ3v) is 7.59. The van der Waals surface area contributed by atoms with Crippen molar-refractivity contribution < 1.29 is 21.8 Å². The molecule has 9 heteroatoms. The first-order valence-electron chi connectivity index (χ1n) is 9.40. The van der Waals surface area contributed by atoms with Crippen LogP contribution in [0.2, 0.25) is 0 Å². The quantitative estimate of drug-likeness (QED) is 0.609. The molecule has 1 heterocycles. The van der Waals surface area contributed by atoms with Crippen molar-refractivity contribution in [2.75, 3.05) is 6.54 Å². The van der Waals surface area contributed by atoms with Gasteiger partial charge in [-0.1, -0.05) is 18.2 Å². The molecular formula is C20H21F4N3OS. The number of hydrogen-bond donors (Lipinski definition) is 3. The van der Waals surface area contributed by atoms with E-state index < -0.39 is 38.4 Å². The normalized spacial score (nSPS) is 25.0. The van der Waals surface area contributed by atoms with Gasteiger partial charge in [-0.15, -0.1) is 0 Å². The molecule has 0 amide bonds. The Kier molecular flexibility index (Phi) is 5.16. The minimum Gasteiger partial charge on any atom is -0.312 e. The summed E-state index contributed by atoms with van der Waals surface area (Å²) in [4.78, 5) is 0. The van der Waals surface area contributed by atoms with E-state index in [1.54, 1.807) is 12.1 Å². The summed E-state index contributed by atoms with van der Waals surface area (Å²) in [6.07, 6.45) is 0.943. The van der Waals surface area contributed by atoms with E-state index in [1.807, 2.05) is 0 Å². The molecule has 1 saturated carbocycles. The SMILES string of the molecule is N=S(=O)(NC1CCN[C@H]1Cc1cccc(-c2cc(F)cc(F)c2)c1F)C1(F)CC1. The highest BCUT2D eigenvalue weighted by Crippen LogP contribution is 2.45. The smallest absolute Gasteiger partial charge is 0.206 e. The number of halogens is 4. The number of hydrogen-bond acceptors (Lipinski definition) is 3. The molecular weight excluding hydrogens is 406 g/mol. The Morgan fingerprint density at radius 1 is 1.17 bits per heavy atom. The molecule has 29 heavy (non-hydrogen) atoms. The molecule has 4 rings (SSSR count). The van der Waals surface area contributed by atoms with Crippen molar-refractivity contribution in [2.24, 2.45) is 0 Å². The highest BCUT2D eigenvalue weighted by Gasteiger charge is 2.54. The van der Waals surface area contributed by atoms with Gasteiger partial charge in [0, 0.05) is 23.7 Å². The lowest BCUT2D eigenvalue weighted by Gasteiger charge is -2.24. The topological polar surface area (TPSA) is 65.0 Å². The Labute approximate surface area is 166 Å². The van der Waals surface area contributed by atoms with Crippen LogP contribution in [-0.2, 0) is 16.3 Å². The van der Waals surface area contributed by atoms with E-state index in [0.29, 0.717) is 18.5 Å². The van der Waals surface area contributed by atoms with Gasteiger partial charge < -0.3 is 5.32 Å². The van der Waals surface area contributed by atoms with Crippen LogP contribution in [0, 0.1) is 22.2 Å². The largest absolute Gasteiger partial charge is 0.312 e. The molecule has 1 saturated heterocycles. The van der Waals surface area contributed by atoms with Crippen LogP contribution < -0.4 is 10.0 Å². The van der Waals surface area contributed by atoms with Gasteiger partial charge in [0.05, 0.1) is 0 Å². The molecule has 0 spiro atoms. The summed E-state index contributed by atoms with van der Waals surface area (Å²) in [7, 11) is -3.60. The van der Waals surface area contributed by atoms with Gasteiger partial charge in [-0.25, -0.2) is 31.3 Å². The zero-order chi connectivity index (χ0) is 20.8. The summed E-state index contributed by atoms with van der Waals surface area (Å²) < 4.78 is 79.3. The molecule has 1 aliphatic heterocycles. The predicted octanol–water partition coefficient (Wildman–Crippen LogP) is 4.05. The van der Waals surface area contributed by atoms with E-state index in [-0.39, 0.29) is 36.4 Å². The van der Waals surface area contributed by atoms with E-state index in [9.17, 15) is 17.4 Å². The number of rotatable bonds is 6. The summed E-state index contributed by atoms with van der Waals surface area (Å²) in [5.41, 5.74) is 0.489. The lowest BCUT2D eigenvalue weighted by Crippen LogP contribution is -2.47. The maximum absolute atomic E-state index is 15.1. The second-order valence-corrected chi connectivity index (χ2v) is 9.73. The van der Waals surface area contributed by atoms with Crippen LogP contribution in [0.5, 0.6) is 0 Å². The average Bonchev–Trinajstić information content (AvgIpc) is 3.27. The number of benzene rings is 2. The van der Waals surface area contributed by atoms with Gasteiger partial charge in [-0.2, -0.15) is 0 Å². The van der Waals surface area contributed by atoms with Crippen molar-refractivity contribution in [1.82, 2.24) is 10.0 Å². The molecule has 2 aromatic rings. The third kappa shape index (κ3) is 4.04. The summed E-state index contributed by atoms with van der Waals surface area (Å²) in [6, 6.07) is 6.68. The Balaban J connectivity index is 1.56. The van der Waals surface area contributed by atoms with Gasteiger partial charge in [0.25, 0.3) is 0 Å². The summed E-state index contributed by atoms with van der Waals surface area (Å²) in [5, 5.41) is 1.19. The fourth-order valence-electron chi connectivity index (χ4n) is 3.73. The van der Waals surface area contributed by atoms with Crippen molar-refractivity contribution >= 4 is 9.92 Å². The molecule has 3 atom stereocenters. The number of nitrogens with one attached hydrogen (secondary N) is 3. The minimum atomic E-state index is -3.60. The summed E-state index contributed by atoms with van der Waals surface area (Å²) >= 11 is 0. The Morgan fingerprint density at radius 2 is 1.86 bits per heavy atom. The highest BCUT2D eigenvalue weighted by molar-refractivity contribution is 7.92. The summed E-state index contributed by atoms with van der Waals surface area (Å²) in [6.45, 7) is 0.563. The second kappa shape index (κ2) is 7.37. The number of alkyl halides is 1. The van der Waals surface area contributed by atoms with Crippen LogP contribution in [0.25, 0.3) is 11.1 Å². The third-order valence-electron chi connectivity index (χ3n) is 5.52. The molecule has 2 fully saturated rings. The van der Waals surface area contributed by atoms with E-state index in [1.165, 1.54) is 6.07 Å². The van der Waals surface area contributed by atoms with Crippen LogP contribution >= 0.6 is 0 Å². The molecule has 2 aromatic carbocycles. The second-order valence-electron chi connectivity index (χ2n) is 7.65. The van der Waals surface area contributed by atoms with Gasteiger partial charge in [0.1, 0.15) is 27.4 Å². The monoisotopic (exact) mass is 427 g/mol. The fourth-order valence-corrected chi connectivity index (χ4v) is 5.33. The van der Waals surface area contributed by atoms with E-state index in [0.717, 1.165) is 18.2 Å². The van der Waals surface area contributed by atoms with Crippen molar-refractivity contribution in [3.05, 3.63) is 59.4 Å². The first-order chi connectivity index (χ1) is 13.7. The molecule has 3 N–H and O–H groups in total. The van der Waals surface area contributed by atoms with Crippen LogP contribution in [0.15, 0.2) is 36.4 Å². The van der Waals surface area contributed by atoms with Crippen molar-refractivity contribution in [3.8, 4) is 11.1 Å². The average molecular weight is 427 g/mol. The van der Waals surface area contributed by atoms with Crippen LogP contribution in [-0.4, -0.2) is 27.8 Å². The van der Waals surface area contributed by atoms with E-state index >= 15 is 4.39 Å². The van der Waals surface area contributed by atoms with Crippen LogP contribution in [0.3, 0.4) is 0 Å². The molecule has 2 aliphatic rings. The zero-order valence-corrected chi connectivity index (χ0v) is 16.3. The van der Waals surface area contributed by atoms with Gasteiger partial charge in [-0.3, -0.25) is 0 Å². The predicted molar refractivity (Wildman–Crippen MR) is 103 cm³/mol. The molecule has 0 radical (unpaired) electrons. The molecule has 2 unspecified atom stereocenters. The van der Waals surface area contributed by atoms with E-state index in [4.69, 9.17) is 4.78 Å². The first kappa shape index (κ1) is 20.3. The standard InChI is InChI=1S/C20H21F4N3OS/c21-14-8-13(9-15(22)11-14)16-3-1-2-12(19(16)23)10-18-17(4-7-26-18)27-29(25,28)20(24)5-6-20/h1-3,8-9,11,17-18,26H,4-7,10H2,(H2,25,27,28)/t17?,18-,29?/m0/s1. The fraction of sp³-hybridized carbons (Fsp3) is 0.400. The molecule has 1 aliphatic carbocycles. The van der Waals surface area contributed by atoms with Crippen molar-refractivity contribution in [1.29, 1.82) is 4.78 Å². The molecule has 0 aromatic heterocycles.